The number of carbonyl (C=O) groups excluding carboxylic acids is 1. The number of rotatable bonds is 6. The van der Waals surface area contributed by atoms with E-state index < -0.39 is 0 Å². The van der Waals surface area contributed by atoms with E-state index in [9.17, 15) is 4.79 Å². The van der Waals surface area contributed by atoms with Crippen molar-refractivity contribution in [1.82, 2.24) is 29.3 Å². The number of imidazole rings is 1. The molecule has 5 aromatic rings. The van der Waals surface area contributed by atoms with Gasteiger partial charge in [-0.15, -0.1) is 10.2 Å². The summed E-state index contributed by atoms with van der Waals surface area (Å²) in [5.41, 5.74) is 3.97. The van der Waals surface area contributed by atoms with Crippen molar-refractivity contribution < 1.29 is 9.53 Å². The highest BCUT2D eigenvalue weighted by atomic mass is 16.5. The van der Waals surface area contributed by atoms with Crippen LogP contribution in [-0.2, 0) is 13.2 Å². The third-order valence-electron chi connectivity index (χ3n) is 5.03. The van der Waals surface area contributed by atoms with Crippen molar-refractivity contribution in [3.05, 3.63) is 95.8 Å². The fourth-order valence-corrected chi connectivity index (χ4v) is 3.47. The third kappa shape index (κ3) is 3.71. The van der Waals surface area contributed by atoms with Crippen LogP contribution in [0.1, 0.15) is 27.4 Å². The summed E-state index contributed by atoms with van der Waals surface area (Å²) >= 11 is 0. The van der Waals surface area contributed by atoms with Gasteiger partial charge in [0.1, 0.15) is 18.0 Å². The first-order chi connectivity index (χ1) is 15.2. The quantitative estimate of drug-likeness (QED) is 0.463. The van der Waals surface area contributed by atoms with E-state index in [0.717, 1.165) is 22.6 Å². The number of aromatic nitrogens is 5. The van der Waals surface area contributed by atoms with Gasteiger partial charge in [-0.1, -0.05) is 24.3 Å². The number of benzene rings is 1. The maximum Gasteiger partial charge on any atom is 0.255 e. The van der Waals surface area contributed by atoms with E-state index >= 15 is 0 Å². The molecule has 0 saturated carbocycles. The zero-order valence-electron chi connectivity index (χ0n) is 16.9. The van der Waals surface area contributed by atoms with Gasteiger partial charge in [-0.3, -0.25) is 9.20 Å². The van der Waals surface area contributed by atoms with E-state index in [1.165, 1.54) is 0 Å². The van der Waals surface area contributed by atoms with Gasteiger partial charge in [0.2, 0.25) is 0 Å². The van der Waals surface area contributed by atoms with Gasteiger partial charge in [-0.05, 0) is 42.8 Å². The Hall–Kier alpha value is -4.20. The molecule has 1 aromatic carbocycles. The van der Waals surface area contributed by atoms with Gasteiger partial charge in [0.25, 0.3) is 5.91 Å². The fourth-order valence-electron chi connectivity index (χ4n) is 3.47. The van der Waals surface area contributed by atoms with Crippen LogP contribution in [0.25, 0.3) is 11.3 Å². The molecule has 0 fully saturated rings. The zero-order valence-corrected chi connectivity index (χ0v) is 16.9. The van der Waals surface area contributed by atoms with Crippen LogP contribution < -0.4 is 10.1 Å². The van der Waals surface area contributed by atoms with Crippen LogP contribution in [-0.4, -0.2) is 29.9 Å². The number of nitrogens with one attached hydrogen (secondary N) is 1. The zero-order chi connectivity index (χ0) is 21.2. The summed E-state index contributed by atoms with van der Waals surface area (Å²) in [6.07, 6.45) is 5.75. The van der Waals surface area contributed by atoms with Gasteiger partial charge in [0.05, 0.1) is 17.8 Å². The predicted octanol–water partition coefficient (Wildman–Crippen LogP) is 3.19. The van der Waals surface area contributed by atoms with E-state index in [0.29, 0.717) is 17.1 Å². The largest absolute Gasteiger partial charge is 0.486 e. The SMILES string of the molecule is Cc1cccn2cc(COc3ccccc3C(=O)NCc3nnc4ccccn34)nc12. The number of hydrogen-bond donors (Lipinski definition) is 1. The Bertz CT molecular complexity index is 1390. The molecule has 5 rings (SSSR count). The molecule has 8 heteroatoms. The lowest BCUT2D eigenvalue weighted by Gasteiger charge is -2.10. The lowest BCUT2D eigenvalue weighted by Crippen LogP contribution is -2.24. The number of hydrogen-bond acceptors (Lipinski definition) is 5. The number of aryl methyl sites for hydroxylation is 1. The smallest absolute Gasteiger partial charge is 0.255 e. The second-order valence-electron chi connectivity index (χ2n) is 7.17. The average Bonchev–Trinajstić information content (AvgIpc) is 3.41. The highest BCUT2D eigenvalue weighted by molar-refractivity contribution is 5.96. The first-order valence-electron chi connectivity index (χ1n) is 9.91. The van der Waals surface area contributed by atoms with Crippen LogP contribution in [0, 0.1) is 6.92 Å². The van der Waals surface area contributed by atoms with Crippen LogP contribution >= 0.6 is 0 Å². The lowest BCUT2D eigenvalue weighted by atomic mass is 10.2. The summed E-state index contributed by atoms with van der Waals surface area (Å²) in [7, 11) is 0. The molecule has 0 saturated heterocycles. The van der Waals surface area contributed by atoms with Crippen molar-refractivity contribution >= 4 is 17.2 Å². The Morgan fingerprint density at radius 1 is 1.03 bits per heavy atom. The van der Waals surface area contributed by atoms with Crippen LogP contribution in [0.2, 0.25) is 0 Å². The number of fused-ring (bicyclic) bond motifs is 2. The Morgan fingerprint density at radius 2 is 1.90 bits per heavy atom. The Kier molecular flexibility index (Phi) is 4.80. The minimum Gasteiger partial charge on any atom is -0.486 e. The number of amides is 1. The summed E-state index contributed by atoms with van der Waals surface area (Å²) in [4.78, 5) is 17.4. The minimum atomic E-state index is -0.242. The molecule has 1 amide bonds. The molecule has 4 aromatic heterocycles. The standard InChI is InChI=1S/C23H20N6O2/c1-16-7-6-11-28-14-17(25-22(16)28)15-31-19-9-3-2-8-18(19)23(30)24-13-21-27-26-20-10-4-5-12-29(20)21/h2-12,14H,13,15H2,1H3,(H,24,30). The topological polar surface area (TPSA) is 85.8 Å². The molecule has 1 N–H and O–H groups in total. The molecular weight excluding hydrogens is 392 g/mol. The summed E-state index contributed by atoms with van der Waals surface area (Å²) in [5, 5.41) is 11.1. The van der Waals surface area contributed by atoms with E-state index in [4.69, 9.17) is 4.74 Å². The molecule has 0 bridgehead atoms. The number of nitrogens with zero attached hydrogens (tertiary/aromatic N) is 5. The lowest BCUT2D eigenvalue weighted by molar-refractivity contribution is 0.0945. The summed E-state index contributed by atoms with van der Waals surface area (Å²) in [6.45, 7) is 2.54. The molecule has 0 atom stereocenters. The number of pyridine rings is 2. The molecule has 31 heavy (non-hydrogen) atoms. The molecule has 0 aliphatic carbocycles. The second kappa shape index (κ2) is 7.91. The molecule has 4 heterocycles. The van der Waals surface area contributed by atoms with Crippen molar-refractivity contribution in [3.63, 3.8) is 0 Å². The monoisotopic (exact) mass is 412 g/mol. The first-order valence-corrected chi connectivity index (χ1v) is 9.91. The molecular formula is C23H20N6O2. The van der Waals surface area contributed by atoms with E-state index in [1.54, 1.807) is 12.1 Å². The van der Waals surface area contributed by atoms with Gasteiger partial charge in [0, 0.05) is 18.6 Å². The maximum absolute atomic E-state index is 12.8. The molecule has 154 valence electrons. The first kappa shape index (κ1) is 18.8. The average molecular weight is 412 g/mol. The molecule has 0 radical (unpaired) electrons. The van der Waals surface area contributed by atoms with Crippen LogP contribution in [0.15, 0.2) is 73.2 Å². The molecule has 0 aliphatic rings. The van der Waals surface area contributed by atoms with E-state index in [2.05, 4.69) is 20.5 Å². The van der Waals surface area contributed by atoms with Crippen molar-refractivity contribution in [3.8, 4) is 5.75 Å². The summed E-state index contributed by atoms with van der Waals surface area (Å²) < 4.78 is 9.76. The maximum atomic E-state index is 12.8. The van der Waals surface area contributed by atoms with Crippen LogP contribution in [0.5, 0.6) is 5.75 Å². The predicted molar refractivity (Wildman–Crippen MR) is 115 cm³/mol. The van der Waals surface area contributed by atoms with Crippen molar-refractivity contribution in [2.75, 3.05) is 0 Å². The Balaban J connectivity index is 1.30. The molecule has 8 nitrogen and oxygen atoms in total. The highest BCUT2D eigenvalue weighted by Crippen LogP contribution is 2.20. The Morgan fingerprint density at radius 3 is 2.81 bits per heavy atom. The van der Waals surface area contributed by atoms with E-state index in [-0.39, 0.29) is 19.1 Å². The molecule has 0 spiro atoms. The number of ether oxygens (including phenoxy) is 1. The number of carbonyl (C=O) groups is 1. The summed E-state index contributed by atoms with van der Waals surface area (Å²) in [5.74, 6) is 0.913. The van der Waals surface area contributed by atoms with Gasteiger partial charge in [-0.2, -0.15) is 0 Å². The number of para-hydroxylation sites is 1. The minimum absolute atomic E-state index is 0.242. The summed E-state index contributed by atoms with van der Waals surface area (Å²) in [6, 6.07) is 16.8. The molecule has 0 unspecified atom stereocenters. The van der Waals surface area contributed by atoms with Crippen molar-refractivity contribution in [2.45, 2.75) is 20.1 Å². The highest BCUT2D eigenvalue weighted by Gasteiger charge is 2.14. The van der Waals surface area contributed by atoms with Gasteiger partial charge in [-0.25, -0.2) is 4.98 Å². The van der Waals surface area contributed by atoms with Crippen LogP contribution in [0.3, 0.4) is 0 Å². The third-order valence-corrected chi connectivity index (χ3v) is 5.03. The van der Waals surface area contributed by atoms with Crippen molar-refractivity contribution in [2.24, 2.45) is 0 Å². The van der Waals surface area contributed by atoms with Crippen LogP contribution in [0.4, 0.5) is 0 Å². The van der Waals surface area contributed by atoms with Gasteiger partial charge < -0.3 is 14.5 Å². The normalized spacial score (nSPS) is 11.1. The van der Waals surface area contributed by atoms with E-state index in [1.807, 2.05) is 76.8 Å². The second-order valence-corrected chi connectivity index (χ2v) is 7.17. The van der Waals surface area contributed by atoms with Gasteiger partial charge >= 0.3 is 0 Å². The van der Waals surface area contributed by atoms with Gasteiger partial charge in [0.15, 0.2) is 11.5 Å². The fraction of sp³-hybridized carbons (Fsp3) is 0.130. The van der Waals surface area contributed by atoms with Crippen molar-refractivity contribution in [1.29, 1.82) is 0 Å². The molecule has 0 aliphatic heterocycles. The Labute approximate surface area is 178 Å².